The Morgan fingerprint density at radius 3 is 3.00 bits per heavy atom. The molecule has 1 aliphatic rings. The van der Waals surface area contributed by atoms with E-state index in [1.165, 1.54) is 30.8 Å². The zero-order valence-electron chi connectivity index (χ0n) is 9.98. The van der Waals surface area contributed by atoms with Gasteiger partial charge in [0, 0.05) is 23.5 Å². The van der Waals surface area contributed by atoms with Crippen molar-refractivity contribution in [2.24, 2.45) is 0 Å². The summed E-state index contributed by atoms with van der Waals surface area (Å²) in [6.07, 6.45) is 2.64. The Balaban J connectivity index is 0.00000128. The molecule has 92 valence electrons. The van der Waals surface area contributed by atoms with Gasteiger partial charge in [0.05, 0.1) is 0 Å². The van der Waals surface area contributed by atoms with E-state index in [0.29, 0.717) is 12.1 Å². The van der Waals surface area contributed by atoms with Crippen molar-refractivity contribution in [1.82, 2.24) is 10.2 Å². The quantitative estimate of drug-likeness (QED) is 0.899. The molecule has 0 spiro atoms. The highest BCUT2D eigenvalue weighted by molar-refractivity contribution is 7.10. The van der Waals surface area contributed by atoms with Crippen molar-refractivity contribution in [3.63, 3.8) is 0 Å². The van der Waals surface area contributed by atoms with E-state index >= 15 is 0 Å². The molecule has 1 fully saturated rings. The van der Waals surface area contributed by atoms with Gasteiger partial charge in [0.25, 0.3) is 0 Å². The van der Waals surface area contributed by atoms with Gasteiger partial charge in [-0.1, -0.05) is 6.07 Å². The second-order valence-electron chi connectivity index (χ2n) is 4.31. The molecule has 4 heteroatoms. The Bertz CT molecular complexity index is 289. The monoisotopic (exact) mass is 260 g/mol. The van der Waals surface area contributed by atoms with Crippen LogP contribution in [0.1, 0.15) is 30.7 Å². The largest absolute Gasteiger partial charge is 0.316 e. The van der Waals surface area contributed by atoms with Crippen LogP contribution >= 0.6 is 23.7 Å². The van der Waals surface area contributed by atoms with E-state index in [1.54, 1.807) is 0 Å². The minimum absolute atomic E-state index is 0. The lowest BCUT2D eigenvalue weighted by Gasteiger charge is -2.36. The highest BCUT2D eigenvalue weighted by Gasteiger charge is 2.23. The highest BCUT2D eigenvalue weighted by Crippen LogP contribution is 2.27. The molecule has 0 radical (unpaired) electrons. The molecule has 2 heterocycles. The molecule has 1 N–H and O–H groups in total. The van der Waals surface area contributed by atoms with E-state index in [-0.39, 0.29) is 12.4 Å². The number of halogens is 1. The normalized spacial score (nSPS) is 23.8. The van der Waals surface area contributed by atoms with Crippen LogP contribution < -0.4 is 5.32 Å². The third-order valence-corrected chi connectivity index (χ3v) is 4.41. The number of nitrogens with zero attached hydrogens (tertiary/aromatic N) is 1. The van der Waals surface area contributed by atoms with E-state index in [0.717, 1.165) is 0 Å². The zero-order chi connectivity index (χ0) is 10.7. The summed E-state index contributed by atoms with van der Waals surface area (Å²) in [5.41, 5.74) is 0. The lowest BCUT2D eigenvalue weighted by molar-refractivity contribution is 0.151. The molecule has 2 unspecified atom stereocenters. The van der Waals surface area contributed by atoms with Gasteiger partial charge < -0.3 is 5.32 Å². The lowest BCUT2D eigenvalue weighted by atomic mass is 10.0. The van der Waals surface area contributed by atoms with Crippen molar-refractivity contribution < 1.29 is 0 Å². The number of nitrogens with one attached hydrogen (secondary N) is 1. The maximum absolute atomic E-state index is 3.40. The summed E-state index contributed by atoms with van der Waals surface area (Å²) >= 11 is 1.87. The van der Waals surface area contributed by atoms with E-state index in [9.17, 15) is 0 Å². The molecule has 0 bridgehead atoms. The van der Waals surface area contributed by atoms with Gasteiger partial charge in [0.15, 0.2) is 0 Å². The van der Waals surface area contributed by atoms with Crippen molar-refractivity contribution in [1.29, 1.82) is 0 Å². The average molecular weight is 261 g/mol. The SMILES string of the molecule is CNC1CCCN(C(C)c2cccs2)C1.Cl. The second-order valence-corrected chi connectivity index (χ2v) is 5.29. The topological polar surface area (TPSA) is 15.3 Å². The van der Waals surface area contributed by atoms with E-state index in [1.807, 2.05) is 11.3 Å². The first-order chi connectivity index (χ1) is 7.31. The molecule has 0 saturated carbocycles. The van der Waals surface area contributed by atoms with Crippen LogP contribution in [-0.4, -0.2) is 31.1 Å². The number of hydrogen-bond acceptors (Lipinski definition) is 3. The van der Waals surface area contributed by atoms with Gasteiger partial charge in [0.2, 0.25) is 0 Å². The van der Waals surface area contributed by atoms with Crippen molar-refractivity contribution in [2.45, 2.75) is 31.8 Å². The van der Waals surface area contributed by atoms with Crippen LogP contribution in [0.15, 0.2) is 17.5 Å². The minimum Gasteiger partial charge on any atom is -0.316 e. The summed E-state index contributed by atoms with van der Waals surface area (Å²) in [7, 11) is 2.07. The molecule has 2 rings (SSSR count). The van der Waals surface area contributed by atoms with Crippen LogP contribution in [0.5, 0.6) is 0 Å². The number of thiophene rings is 1. The number of hydrogen-bond donors (Lipinski definition) is 1. The molecule has 2 atom stereocenters. The Morgan fingerprint density at radius 2 is 2.38 bits per heavy atom. The van der Waals surface area contributed by atoms with Crippen molar-refractivity contribution in [2.75, 3.05) is 20.1 Å². The van der Waals surface area contributed by atoms with Gasteiger partial charge in [-0.15, -0.1) is 23.7 Å². The Labute approximate surface area is 108 Å². The van der Waals surface area contributed by atoms with Crippen molar-refractivity contribution in [3.05, 3.63) is 22.4 Å². The van der Waals surface area contributed by atoms with Crippen LogP contribution in [0.25, 0.3) is 0 Å². The van der Waals surface area contributed by atoms with Crippen LogP contribution in [0.3, 0.4) is 0 Å². The third-order valence-electron chi connectivity index (χ3n) is 3.36. The van der Waals surface area contributed by atoms with Gasteiger partial charge in [0.1, 0.15) is 0 Å². The van der Waals surface area contributed by atoms with Crippen LogP contribution in [0, 0.1) is 0 Å². The minimum atomic E-state index is 0. The highest BCUT2D eigenvalue weighted by atomic mass is 35.5. The molecular weight excluding hydrogens is 240 g/mol. The molecule has 0 aliphatic carbocycles. The summed E-state index contributed by atoms with van der Waals surface area (Å²) in [6, 6.07) is 5.66. The number of likely N-dealkylation sites (N-methyl/N-ethyl adjacent to an activating group) is 1. The molecule has 2 nitrogen and oxygen atoms in total. The Kier molecular flexibility index (Phi) is 5.76. The third kappa shape index (κ3) is 3.20. The first kappa shape index (κ1) is 14.0. The number of piperidine rings is 1. The molecule has 1 aromatic heterocycles. The second kappa shape index (κ2) is 6.60. The van der Waals surface area contributed by atoms with Crippen molar-refractivity contribution in [3.8, 4) is 0 Å². The van der Waals surface area contributed by atoms with Gasteiger partial charge in [-0.2, -0.15) is 0 Å². The average Bonchev–Trinajstić information content (AvgIpc) is 2.81. The molecular formula is C12H21ClN2S. The van der Waals surface area contributed by atoms with Gasteiger partial charge in [-0.3, -0.25) is 4.90 Å². The predicted octanol–water partition coefficient (Wildman–Crippen LogP) is 2.91. The van der Waals surface area contributed by atoms with E-state index in [4.69, 9.17) is 0 Å². The standard InChI is InChI=1S/C12H20N2S.ClH/c1-10(12-6-4-8-15-12)14-7-3-5-11(9-14)13-2;/h4,6,8,10-11,13H,3,5,7,9H2,1-2H3;1H. The molecule has 16 heavy (non-hydrogen) atoms. The maximum Gasteiger partial charge on any atom is 0.0413 e. The summed E-state index contributed by atoms with van der Waals surface area (Å²) in [5.74, 6) is 0. The van der Waals surface area contributed by atoms with Crippen LogP contribution in [-0.2, 0) is 0 Å². The fraction of sp³-hybridized carbons (Fsp3) is 0.667. The predicted molar refractivity (Wildman–Crippen MR) is 73.6 cm³/mol. The van der Waals surface area contributed by atoms with Crippen molar-refractivity contribution >= 4 is 23.7 Å². The molecule has 0 aromatic carbocycles. The zero-order valence-corrected chi connectivity index (χ0v) is 11.6. The lowest BCUT2D eigenvalue weighted by Crippen LogP contribution is -2.45. The fourth-order valence-corrected chi connectivity index (χ4v) is 3.12. The maximum atomic E-state index is 3.40. The molecule has 0 amide bonds. The van der Waals surface area contributed by atoms with Gasteiger partial charge in [-0.05, 0) is 44.8 Å². The first-order valence-electron chi connectivity index (χ1n) is 5.76. The Morgan fingerprint density at radius 1 is 1.56 bits per heavy atom. The summed E-state index contributed by atoms with van der Waals surface area (Å²) in [5, 5.41) is 5.57. The molecule has 1 aromatic rings. The molecule has 1 saturated heterocycles. The first-order valence-corrected chi connectivity index (χ1v) is 6.64. The molecule has 1 aliphatic heterocycles. The van der Waals surface area contributed by atoms with Crippen LogP contribution in [0.2, 0.25) is 0 Å². The fourth-order valence-electron chi connectivity index (χ4n) is 2.30. The summed E-state index contributed by atoms with van der Waals surface area (Å²) in [6.45, 7) is 4.76. The summed E-state index contributed by atoms with van der Waals surface area (Å²) in [4.78, 5) is 4.09. The van der Waals surface area contributed by atoms with E-state index < -0.39 is 0 Å². The Hall–Kier alpha value is -0.0900. The number of likely N-dealkylation sites (tertiary alicyclic amines) is 1. The van der Waals surface area contributed by atoms with E-state index in [2.05, 4.69) is 41.7 Å². The smallest absolute Gasteiger partial charge is 0.0413 e. The van der Waals surface area contributed by atoms with Gasteiger partial charge in [-0.25, -0.2) is 0 Å². The number of rotatable bonds is 3. The van der Waals surface area contributed by atoms with Crippen LogP contribution in [0.4, 0.5) is 0 Å². The summed E-state index contributed by atoms with van der Waals surface area (Å²) < 4.78 is 0. The van der Waals surface area contributed by atoms with Gasteiger partial charge >= 0.3 is 0 Å².